The van der Waals surface area contributed by atoms with Crippen LogP contribution in [0.1, 0.15) is 187 Å². The molecule has 110 heavy (non-hydrogen) atoms. The number of benzene rings is 6. The molecule has 0 aliphatic carbocycles. The Kier molecular flexibility index (Phi) is 23.8. The highest BCUT2D eigenvalue weighted by molar-refractivity contribution is 5.87. The van der Waals surface area contributed by atoms with Crippen LogP contribution in [0.4, 0.5) is 34.1 Å². The van der Waals surface area contributed by atoms with E-state index >= 15 is 0 Å². The Balaban J connectivity index is 0.000000146. The third kappa shape index (κ3) is 16.3. The first-order valence-electron chi connectivity index (χ1n) is 40.5. The molecule has 8 heterocycles. The number of fused-ring (bicyclic) bond motifs is 2. The van der Waals surface area contributed by atoms with E-state index in [4.69, 9.17) is 0 Å². The fraction of sp³-hybridized carbons (Fsp3) is 0.438. The van der Waals surface area contributed by atoms with Gasteiger partial charge in [-0.1, -0.05) is 75.4 Å². The first-order chi connectivity index (χ1) is 51.8. The molecule has 0 saturated carbocycles. The summed E-state index contributed by atoms with van der Waals surface area (Å²) in [6, 6.07) is 48.3. The Morgan fingerprint density at radius 3 is 0.827 bits per heavy atom. The van der Waals surface area contributed by atoms with Gasteiger partial charge in [0, 0.05) is 178 Å². The second-order valence-corrected chi connectivity index (χ2v) is 35.4. The molecule has 14 nitrogen and oxygen atoms in total. The third-order valence-electron chi connectivity index (χ3n) is 23.6. The molecular weight excluding hydrogens is 1350 g/mol. The van der Waals surface area contributed by atoms with Crippen molar-refractivity contribution in [2.75, 3.05) is 29.4 Å². The van der Waals surface area contributed by atoms with Crippen LogP contribution in [0.15, 0.2) is 214 Å². The number of hydrogen-bond acceptors (Lipinski definition) is 12. The highest BCUT2D eigenvalue weighted by Crippen LogP contribution is 2.44. The average molecular weight is 1480 g/mol. The lowest BCUT2D eigenvalue weighted by Crippen LogP contribution is -2.47. The van der Waals surface area contributed by atoms with Gasteiger partial charge in [0.1, 0.15) is 51.1 Å². The molecule has 0 N–H and O–H groups in total. The molecule has 0 spiro atoms. The quantitative estimate of drug-likeness (QED) is 0.110. The van der Waals surface area contributed by atoms with Gasteiger partial charge in [0.05, 0.1) is 0 Å². The van der Waals surface area contributed by atoms with E-state index in [0.717, 1.165) is 0 Å². The van der Waals surface area contributed by atoms with Crippen LogP contribution in [-0.2, 0) is 19.5 Å². The predicted molar refractivity (Wildman–Crippen MR) is 469 cm³/mol. The number of aromatic nitrogens is 2. The van der Waals surface area contributed by atoms with E-state index in [0.29, 0.717) is 61.2 Å². The van der Waals surface area contributed by atoms with Gasteiger partial charge in [0.2, 0.25) is 11.4 Å². The second-order valence-electron chi connectivity index (χ2n) is 35.4. The number of anilines is 6. The number of hydrogen-bond donors (Lipinski definition) is 0. The molecule has 8 aromatic rings. The Morgan fingerprint density at radius 1 is 0.291 bits per heavy atom. The lowest BCUT2D eigenvalue weighted by atomic mass is 9.85. The van der Waals surface area contributed by atoms with E-state index in [1.165, 1.54) is 106 Å². The van der Waals surface area contributed by atoms with Crippen molar-refractivity contribution >= 4 is 55.7 Å². The molecule has 14 heteroatoms. The van der Waals surface area contributed by atoms with Gasteiger partial charge in [-0.15, -0.1) is 0 Å². The minimum absolute atomic E-state index is 0.0893. The second kappa shape index (κ2) is 32.2. The molecule has 14 rings (SSSR count). The van der Waals surface area contributed by atoms with Gasteiger partial charge in [-0.2, -0.15) is 0 Å². The van der Waals surface area contributed by atoms with Crippen molar-refractivity contribution in [1.29, 1.82) is 0 Å². The maximum Gasteiger partial charge on any atom is 0.213 e. The third-order valence-corrected chi connectivity index (χ3v) is 23.6. The molecule has 0 saturated heterocycles. The topological polar surface area (TPSA) is 46.6 Å². The molecule has 6 aliphatic rings. The summed E-state index contributed by atoms with van der Waals surface area (Å²) in [4.78, 5) is 28.8. The highest BCUT2D eigenvalue weighted by Gasteiger charge is 2.37. The lowest BCUT2D eigenvalue weighted by molar-refractivity contribution is -0.659. The standard InChI is InChI=1S/C27H24N2.C25H40N4.C23H36N4.C21H32N4/c1-19-24(26-15-20-9-4-6-11-22(20)17-28(26)2)13-8-14-25(19)27-16-21-10-5-7-12-23(21)18-29(27)3;1-17(2)26-11-13-28(20(26)6)23-15-22(25(8,9)10)16-24(19(23)5)29-14-12-27(18(3)4)21(29)7;1-17-20(24-13-15-26(18(24)2)22(4,5)6)11-10-12-21(17)25-14-16-27(19(25)3)23(7,8)9;1-15(2)22-11-13-24(18(22)6)20-9-8-10-21(17(20)5)25-14-12-23(16(3)4)19(25)7/h4-18H,1-3H3;11-18,20-21H,1-10H3;10-16,18-19H,1-9H3;8-16,18-19H,1-7H3/q+2;;;/t;20-,21+;2*18-,19+. The summed E-state index contributed by atoms with van der Waals surface area (Å²) in [6.07, 6.45) is 33.0. The molecule has 2 aromatic heterocycles. The molecule has 0 amide bonds. The smallest absolute Gasteiger partial charge is 0.213 e. The van der Waals surface area contributed by atoms with E-state index in [1.807, 2.05) is 0 Å². The van der Waals surface area contributed by atoms with Crippen molar-refractivity contribution in [2.45, 2.75) is 265 Å². The molecular formula is C96H132N14+2. The summed E-state index contributed by atoms with van der Waals surface area (Å²) in [6.45, 7) is 61.1. The average Bonchev–Trinajstić information content (AvgIpc) is 1.54. The largest absolute Gasteiger partial charge is 0.353 e. The van der Waals surface area contributed by atoms with Gasteiger partial charge < -0.3 is 58.8 Å². The van der Waals surface area contributed by atoms with Gasteiger partial charge in [0.25, 0.3) is 0 Å². The fourth-order valence-corrected chi connectivity index (χ4v) is 17.2. The van der Waals surface area contributed by atoms with Gasteiger partial charge in [-0.25, -0.2) is 9.13 Å². The molecule has 584 valence electrons. The van der Waals surface area contributed by atoms with E-state index in [1.54, 1.807) is 0 Å². The van der Waals surface area contributed by atoms with Crippen LogP contribution in [0.25, 0.3) is 44.1 Å². The molecule has 6 aromatic carbocycles. The summed E-state index contributed by atoms with van der Waals surface area (Å²) in [7, 11) is 4.26. The van der Waals surface area contributed by atoms with Crippen molar-refractivity contribution in [1.82, 2.24) is 29.4 Å². The number of pyridine rings is 2. The van der Waals surface area contributed by atoms with Crippen molar-refractivity contribution in [3.05, 3.63) is 242 Å². The van der Waals surface area contributed by atoms with Gasteiger partial charge >= 0.3 is 0 Å². The molecule has 0 fully saturated rings. The predicted octanol–water partition coefficient (Wildman–Crippen LogP) is 21.4. The fourth-order valence-electron chi connectivity index (χ4n) is 17.2. The normalized spacial score (nSPS) is 19.8. The van der Waals surface area contributed by atoms with Crippen LogP contribution < -0.4 is 38.5 Å². The molecule has 0 bridgehead atoms. The first-order valence-corrected chi connectivity index (χ1v) is 40.5. The number of nitrogens with zero attached hydrogens (tertiary/aromatic N) is 14. The van der Waals surface area contributed by atoms with Gasteiger partial charge in [0.15, 0.2) is 12.4 Å². The summed E-state index contributed by atoms with van der Waals surface area (Å²) >= 11 is 0. The van der Waals surface area contributed by atoms with Crippen LogP contribution in [0.3, 0.4) is 0 Å². The summed E-state index contributed by atoms with van der Waals surface area (Å²) in [5.74, 6) is 0. The summed E-state index contributed by atoms with van der Waals surface area (Å²) in [5.41, 5.74) is 19.7. The Hall–Kier alpha value is -9.82. The van der Waals surface area contributed by atoms with Gasteiger partial charge in [-0.3, -0.25) is 0 Å². The maximum atomic E-state index is 2.43. The minimum atomic E-state index is 0.0893. The van der Waals surface area contributed by atoms with E-state index < -0.39 is 0 Å². The van der Waals surface area contributed by atoms with E-state index in [2.05, 4.69) is 483 Å². The van der Waals surface area contributed by atoms with Gasteiger partial charge in [-0.05, 0) is 271 Å². The van der Waals surface area contributed by atoms with Crippen LogP contribution >= 0.6 is 0 Å². The van der Waals surface area contributed by atoms with Crippen molar-refractivity contribution in [3.8, 4) is 22.5 Å². The zero-order chi connectivity index (χ0) is 80.1. The van der Waals surface area contributed by atoms with Crippen LogP contribution in [0.5, 0.6) is 0 Å². The summed E-state index contributed by atoms with van der Waals surface area (Å²) in [5, 5.41) is 5.05. The molecule has 6 aliphatic heterocycles. The molecule has 6 atom stereocenters. The van der Waals surface area contributed by atoms with Crippen molar-refractivity contribution in [3.63, 3.8) is 0 Å². The van der Waals surface area contributed by atoms with E-state index in [9.17, 15) is 0 Å². The molecule has 0 unspecified atom stereocenters. The number of rotatable bonds is 12. The SMILES string of the molecule is Cc1c(-c2cc3ccccc3c[n+]2C)cccc1-c1cc2ccccc2c[n+]1C.Cc1c(N2C=CN(C(C)(C)C)[C@@H]2C)cccc1N1C=CN(C(C)(C)C)[C@H]1C.Cc1c(N2C=CN(C(C)C)[C@@H]2C)cc(C(C)(C)C)cc1N1C=CN(C(C)C)[C@H]1C.Cc1c(N2C=CN(C(C)C)[C@@H]2C)cccc1N1C=CN(C(C)C)[C@H]1C. The Bertz CT molecular complexity index is 4510. The van der Waals surface area contributed by atoms with Crippen LogP contribution in [0.2, 0.25) is 0 Å². The Morgan fingerprint density at radius 2 is 0.555 bits per heavy atom. The maximum absolute atomic E-state index is 2.43. The zero-order valence-corrected chi connectivity index (χ0v) is 72.2. The Labute approximate surface area is 663 Å². The summed E-state index contributed by atoms with van der Waals surface area (Å²) < 4.78 is 4.46. The molecule has 0 radical (unpaired) electrons. The zero-order valence-electron chi connectivity index (χ0n) is 72.2. The minimum Gasteiger partial charge on any atom is -0.353 e. The number of aryl methyl sites for hydroxylation is 2. The van der Waals surface area contributed by atoms with E-state index in [-0.39, 0.29) is 16.5 Å². The lowest BCUT2D eigenvalue weighted by Gasteiger charge is -2.40. The van der Waals surface area contributed by atoms with Crippen LogP contribution in [0, 0.1) is 27.7 Å². The first kappa shape index (κ1) is 81.2. The van der Waals surface area contributed by atoms with Crippen molar-refractivity contribution in [2.24, 2.45) is 14.1 Å². The monoisotopic (exact) mass is 1480 g/mol. The van der Waals surface area contributed by atoms with Crippen molar-refractivity contribution < 1.29 is 9.13 Å². The highest BCUT2D eigenvalue weighted by atomic mass is 15.4. The van der Waals surface area contributed by atoms with Crippen LogP contribution in [-0.4, -0.2) is 102 Å².